The van der Waals surface area contributed by atoms with Gasteiger partial charge in [-0.05, 0) is 50.6 Å². The molecule has 3 rings (SSSR count). The number of hydrogen-bond acceptors (Lipinski definition) is 5. The predicted octanol–water partition coefficient (Wildman–Crippen LogP) is 3.86. The number of carbonyl (C=O) groups is 1. The zero-order chi connectivity index (χ0) is 17.1. The van der Waals surface area contributed by atoms with Gasteiger partial charge in [0.05, 0.1) is 4.88 Å². The number of nitrogens with zero attached hydrogens (tertiary/aromatic N) is 1. The molecule has 0 radical (unpaired) electrons. The molecule has 128 valence electrons. The van der Waals surface area contributed by atoms with Crippen molar-refractivity contribution in [3.8, 4) is 16.2 Å². The van der Waals surface area contributed by atoms with Crippen LogP contribution in [0.4, 0.5) is 5.13 Å². The number of anilines is 1. The van der Waals surface area contributed by atoms with Crippen molar-refractivity contribution in [1.29, 1.82) is 0 Å². The average Bonchev–Trinajstić information content (AvgIpc) is 2.98. The van der Waals surface area contributed by atoms with Gasteiger partial charge in [-0.1, -0.05) is 22.9 Å². The molecule has 0 aliphatic carbocycles. The number of benzene rings is 1. The number of ether oxygens (including phenoxy) is 1. The van der Waals surface area contributed by atoms with E-state index in [4.69, 9.17) is 16.3 Å². The molecular weight excluding hydrogens is 346 g/mol. The number of hydrogen-bond donors (Lipinski definition) is 2. The molecule has 1 aliphatic rings. The van der Waals surface area contributed by atoms with Crippen molar-refractivity contribution in [1.82, 2.24) is 10.3 Å². The fourth-order valence-corrected chi connectivity index (χ4v) is 3.90. The van der Waals surface area contributed by atoms with Crippen molar-refractivity contribution in [2.75, 3.05) is 18.4 Å². The van der Waals surface area contributed by atoms with Crippen LogP contribution in [0.2, 0.25) is 5.02 Å². The van der Waals surface area contributed by atoms with E-state index >= 15 is 0 Å². The Labute approximate surface area is 150 Å². The van der Waals surface area contributed by atoms with E-state index in [-0.39, 0.29) is 12.0 Å². The highest BCUT2D eigenvalue weighted by molar-refractivity contribution is 7.19. The minimum absolute atomic E-state index is 0.135. The number of aryl methyl sites for hydroxylation is 1. The van der Waals surface area contributed by atoms with E-state index in [0.717, 1.165) is 47.7 Å². The molecule has 1 fully saturated rings. The first-order chi connectivity index (χ1) is 11.5. The van der Waals surface area contributed by atoms with Crippen LogP contribution in [0.3, 0.4) is 0 Å². The Morgan fingerprint density at radius 3 is 2.88 bits per heavy atom. The summed E-state index contributed by atoms with van der Waals surface area (Å²) in [6.45, 7) is 5.41. The maximum Gasteiger partial charge on any atom is 0.223 e. The summed E-state index contributed by atoms with van der Waals surface area (Å²) in [6.07, 6.45) is 3.92. The van der Waals surface area contributed by atoms with Crippen molar-refractivity contribution in [3.63, 3.8) is 0 Å². The van der Waals surface area contributed by atoms with Crippen molar-refractivity contribution < 1.29 is 9.53 Å². The van der Waals surface area contributed by atoms with Crippen LogP contribution in [-0.4, -0.2) is 30.1 Å². The van der Waals surface area contributed by atoms with Gasteiger partial charge in [0.2, 0.25) is 5.91 Å². The second-order valence-electron chi connectivity index (χ2n) is 5.88. The molecule has 2 aromatic rings. The molecule has 2 N–H and O–H groups in total. The first kappa shape index (κ1) is 17.2. The fraction of sp³-hybridized carbons (Fsp3) is 0.412. The second kappa shape index (κ2) is 7.51. The molecule has 0 bridgehead atoms. The molecule has 1 saturated heterocycles. The molecule has 0 spiro atoms. The fourth-order valence-electron chi connectivity index (χ4n) is 2.76. The molecule has 24 heavy (non-hydrogen) atoms. The zero-order valence-electron chi connectivity index (χ0n) is 13.7. The highest BCUT2D eigenvalue weighted by Crippen LogP contribution is 2.40. The van der Waals surface area contributed by atoms with Gasteiger partial charge in [0.1, 0.15) is 11.9 Å². The molecule has 0 unspecified atom stereocenters. The lowest BCUT2D eigenvalue weighted by atomic mass is 10.1. The van der Waals surface area contributed by atoms with Gasteiger partial charge in [-0.15, -0.1) is 0 Å². The molecule has 1 aromatic carbocycles. The summed E-state index contributed by atoms with van der Waals surface area (Å²) in [6, 6.07) is 3.81. The summed E-state index contributed by atoms with van der Waals surface area (Å²) in [5, 5.41) is 7.29. The summed E-state index contributed by atoms with van der Waals surface area (Å²) in [5.41, 5.74) is 1.93. The number of thiazole rings is 1. The van der Waals surface area contributed by atoms with Gasteiger partial charge < -0.3 is 15.4 Å². The molecule has 7 heteroatoms. The minimum Gasteiger partial charge on any atom is -0.489 e. The number of piperidine rings is 1. The van der Waals surface area contributed by atoms with Gasteiger partial charge in [-0.25, -0.2) is 4.98 Å². The molecule has 0 atom stereocenters. The van der Waals surface area contributed by atoms with Gasteiger partial charge >= 0.3 is 0 Å². The van der Waals surface area contributed by atoms with E-state index in [1.54, 1.807) is 6.20 Å². The third-order valence-electron chi connectivity index (χ3n) is 3.86. The summed E-state index contributed by atoms with van der Waals surface area (Å²) in [4.78, 5) is 16.4. The number of carbonyl (C=O) groups excluding carboxylic acids is 1. The topological polar surface area (TPSA) is 63.2 Å². The smallest absolute Gasteiger partial charge is 0.223 e. The largest absolute Gasteiger partial charge is 0.489 e. The lowest BCUT2D eigenvalue weighted by Crippen LogP contribution is -2.34. The molecule has 5 nitrogen and oxygen atoms in total. The number of aromatic nitrogens is 1. The Hall–Kier alpha value is -1.63. The van der Waals surface area contributed by atoms with Crippen LogP contribution in [0.15, 0.2) is 18.3 Å². The van der Waals surface area contributed by atoms with Gasteiger partial charge in [0.15, 0.2) is 5.13 Å². The summed E-state index contributed by atoms with van der Waals surface area (Å²) < 4.78 is 6.31. The normalized spacial score (nSPS) is 15.3. The highest BCUT2D eigenvalue weighted by atomic mass is 35.5. The van der Waals surface area contributed by atoms with Crippen LogP contribution in [0.25, 0.3) is 10.4 Å². The predicted molar refractivity (Wildman–Crippen MR) is 98.1 cm³/mol. The van der Waals surface area contributed by atoms with Crippen LogP contribution in [0, 0.1) is 6.92 Å². The lowest BCUT2D eigenvalue weighted by molar-refractivity contribution is -0.114. The molecular formula is C17H20ClN3O2S. The van der Waals surface area contributed by atoms with Crippen molar-refractivity contribution >= 4 is 34.0 Å². The third-order valence-corrected chi connectivity index (χ3v) is 5.03. The third kappa shape index (κ3) is 4.06. The van der Waals surface area contributed by atoms with E-state index < -0.39 is 0 Å². The van der Waals surface area contributed by atoms with Gasteiger partial charge in [-0.2, -0.15) is 0 Å². The first-order valence-corrected chi connectivity index (χ1v) is 9.13. The Morgan fingerprint density at radius 2 is 2.17 bits per heavy atom. The average molecular weight is 366 g/mol. The number of amides is 1. The Morgan fingerprint density at radius 1 is 1.42 bits per heavy atom. The van der Waals surface area contributed by atoms with Crippen LogP contribution in [0.1, 0.15) is 25.3 Å². The van der Waals surface area contributed by atoms with E-state index in [1.807, 2.05) is 19.1 Å². The van der Waals surface area contributed by atoms with Crippen LogP contribution >= 0.6 is 22.9 Å². The number of halogens is 1. The van der Waals surface area contributed by atoms with Crippen LogP contribution in [0.5, 0.6) is 5.75 Å². The lowest BCUT2D eigenvalue weighted by Gasteiger charge is -2.26. The number of rotatable bonds is 4. The maximum absolute atomic E-state index is 11.2. The summed E-state index contributed by atoms with van der Waals surface area (Å²) in [5.74, 6) is 0.716. The Balaban J connectivity index is 1.93. The van der Waals surface area contributed by atoms with E-state index in [9.17, 15) is 4.79 Å². The maximum atomic E-state index is 11.2. The second-order valence-corrected chi connectivity index (χ2v) is 7.34. The minimum atomic E-state index is -0.135. The molecule has 1 aromatic heterocycles. The van der Waals surface area contributed by atoms with E-state index in [0.29, 0.717) is 10.2 Å². The SMILES string of the molecule is CC(=O)Nc1ncc(-c2cc(Cl)cc(C)c2OC2CCNCC2)s1. The van der Waals surface area contributed by atoms with Crippen molar-refractivity contribution in [2.24, 2.45) is 0 Å². The summed E-state index contributed by atoms with van der Waals surface area (Å²) >= 11 is 7.67. The van der Waals surface area contributed by atoms with Gasteiger partial charge in [-0.3, -0.25) is 4.79 Å². The standard InChI is InChI=1S/C17H20ClN3O2S/c1-10-7-12(18)8-14(15-9-20-17(24-15)21-11(2)22)16(10)23-13-3-5-19-6-4-13/h7-9,13,19H,3-6H2,1-2H3,(H,20,21,22). The summed E-state index contributed by atoms with van der Waals surface area (Å²) in [7, 11) is 0. The first-order valence-electron chi connectivity index (χ1n) is 7.94. The molecule has 1 aliphatic heterocycles. The Kier molecular flexibility index (Phi) is 5.38. The van der Waals surface area contributed by atoms with E-state index in [2.05, 4.69) is 15.6 Å². The van der Waals surface area contributed by atoms with Gasteiger partial charge in [0, 0.05) is 23.7 Å². The quantitative estimate of drug-likeness (QED) is 0.863. The van der Waals surface area contributed by atoms with Crippen molar-refractivity contribution in [2.45, 2.75) is 32.8 Å². The van der Waals surface area contributed by atoms with Crippen LogP contribution < -0.4 is 15.4 Å². The molecule has 2 heterocycles. The van der Waals surface area contributed by atoms with E-state index in [1.165, 1.54) is 18.3 Å². The monoisotopic (exact) mass is 365 g/mol. The van der Waals surface area contributed by atoms with Crippen molar-refractivity contribution in [3.05, 3.63) is 28.9 Å². The van der Waals surface area contributed by atoms with Gasteiger partial charge in [0.25, 0.3) is 0 Å². The van der Waals surface area contributed by atoms with Crippen LogP contribution in [-0.2, 0) is 4.79 Å². The zero-order valence-corrected chi connectivity index (χ0v) is 15.3. The number of nitrogens with one attached hydrogen (secondary N) is 2. The molecule has 0 saturated carbocycles. The molecule has 1 amide bonds. The highest BCUT2D eigenvalue weighted by Gasteiger charge is 2.20. The Bertz CT molecular complexity index is 741.